The van der Waals surface area contributed by atoms with Crippen LogP contribution in [-0.2, 0) is 20.9 Å². The molecule has 3 aromatic carbocycles. The van der Waals surface area contributed by atoms with Gasteiger partial charge in [-0.1, -0.05) is 59.1 Å². The van der Waals surface area contributed by atoms with E-state index in [-0.39, 0.29) is 19.8 Å². The van der Waals surface area contributed by atoms with Crippen LogP contribution in [0.1, 0.15) is 36.6 Å². The molecule has 1 aliphatic heterocycles. The van der Waals surface area contributed by atoms with Crippen molar-refractivity contribution in [2.75, 3.05) is 13.2 Å². The van der Waals surface area contributed by atoms with Crippen LogP contribution in [0.15, 0.2) is 75.4 Å². The summed E-state index contributed by atoms with van der Waals surface area (Å²) in [5, 5.41) is 11.7. The van der Waals surface area contributed by atoms with E-state index in [4.69, 9.17) is 61.2 Å². The lowest BCUT2D eigenvalue weighted by molar-refractivity contribution is -0.139. The number of hydrogen-bond donors (Lipinski definition) is 3. The summed E-state index contributed by atoms with van der Waals surface area (Å²) in [5.74, 6) is -0.189. The molecule has 9 nitrogen and oxygen atoms in total. The largest absolute Gasteiger partial charge is 0.487 e. The summed E-state index contributed by atoms with van der Waals surface area (Å²) in [7, 11) is 0. The Balaban J connectivity index is 1.44. The van der Waals surface area contributed by atoms with Gasteiger partial charge in [0.25, 0.3) is 5.91 Å². The first kappa shape index (κ1) is 33.5. The van der Waals surface area contributed by atoms with Gasteiger partial charge in [-0.15, -0.1) is 0 Å². The fraction of sp³-hybridized carbons (Fsp3) is 0.200. The molecule has 0 radical (unpaired) electrons. The first-order valence-electron chi connectivity index (χ1n) is 13.1. The summed E-state index contributed by atoms with van der Waals surface area (Å²) in [5.41, 5.74) is 5.27. The van der Waals surface area contributed by atoms with Gasteiger partial charge < -0.3 is 24.8 Å². The Morgan fingerprint density at radius 2 is 1.86 bits per heavy atom. The Morgan fingerprint density at radius 3 is 2.61 bits per heavy atom. The van der Waals surface area contributed by atoms with Gasteiger partial charge in [0.15, 0.2) is 11.7 Å². The van der Waals surface area contributed by atoms with Gasteiger partial charge in [0.2, 0.25) is 0 Å². The van der Waals surface area contributed by atoms with E-state index in [1.165, 1.54) is 6.21 Å². The molecule has 14 heteroatoms. The average molecular weight is 741 g/mol. The monoisotopic (exact) mass is 738 g/mol. The van der Waals surface area contributed by atoms with Crippen molar-refractivity contribution in [2.24, 2.45) is 5.10 Å². The third-order valence-electron chi connectivity index (χ3n) is 6.15. The lowest BCUT2D eigenvalue weighted by atomic mass is 9.95. The summed E-state index contributed by atoms with van der Waals surface area (Å²) >= 11 is 27.1. The Morgan fingerprint density at radius 1 is 1.09 bits per heavy atom. The summed E-state index contributed by atoms with van der Waals surface area (Å²) in [6.45, 7) is 3.51. The molecule has 0 saturated carbocycles. The minimum atomic E-state index is -0.649. The van der Waals surface area contributed by atoms with Gasteiger partial charge in [0, 0.05) is 21.8 Å². The van der Waals surface area contributed by atoms with Crippen LogP contribution >= 0.6 is 63.0 Å². The molecule has 230 valence electrons. The molecule has 0 aliphatic carbocycles. The highest BCUT2D eigenvalue weighted by Gasteiger charge is 2.32. The first-order chi connectivity index (χ1) is 21.1. The predicted molar refractivity (Wildman–Crippen MR) is 179 cm³/mol. The topological polar surface area (TPSA) is 110 Å². The van der Waals surface area contributed by atoms with Crippen molar-refractivity contribution < 1.29 is 23.8 Å². The van der Waals surface area contributed by atoms with Gasteiger partial charge in [-0.3, -0.25) is 4.79 Å². The zero-order valence-electron chi connectivity index (χ0n) is 23.4. The lowest BCUT2D eigenvalue weighted by Crippen LogP contribution is -2.45. The number of rotatable bonds is 11. The maximum absolute atomic E-state index is 12.8. The molecular formula is C30H26BrCl3N4O5S. The number of nitrogens with zero attached hydrogens (tertiary/aromatic N) is 1. The summed E-state index contributed by atoms with van der Waals surface area (Å²) in [4.78, 5) is 25.4. The molecule has 0 fully saturated rings. The number of thiocarbonyl (C=S) groups is 1. The van der Waals surface area contributed by atoms with Crippen LogP contribution in [0.25, 0.3) is 0 Å². The predicted octanol–water partition coefficient (Wildman–Crippen LogP) is 6.87. The molecule has 0 bridgehead atoms. The molecule has 1 atom stereocenters. The Labute approximate surface area is 283 Å². The molecule has 1 amide bonds. The molecular weight excluding hydrogens is 715 g/mol. The van der Waals surface area contributed by atoms with Crippen LogP contribution < -0.4 is 25.5 Å². The Bertz CT molecular complexity index is 1650. The second-order valence-electron chi connectivity index (χ2n) is 9.25. The second-order valence-corrected chi connectivity index (χ2v) is 11.8. The summed E-state index contributed by atoms with van der Waals surface area (Å²) < 4.78 is 17.7. The highest BCUT2D eigenvalue weighted by Crippen LogP contribution is 2.34. The number of carbonyl (C=O) groups is 2. The van der Waals surface area contributed by atoms with Crippen molar-refractivity contribution >= 4 is 86.2 Å². The third-order valence-corrected chi connectivity index (χ3v) is 7.92. The van der Waals surface area contributed by atoms with Crippen LogP contribution in [0.4, 0.5) is 0 Å². The number of carbonyl (C=O) groups excluding carboxylic acids is 2. The zero-order valence-corrected chi connectivity index (χ0v) is 28.1. The highest BCUT2D eigenvalue weighted by molar-refractivity contribution is 9.10. The van der Waals surface area contributed by atoms with Gasteiger partial charge in [-0.25, -0.2) is 10.2 Å². The van der Waals surface area contributed by atoms with Gasteiger partial charge in [-0.2, -0.15) is 5.10 Å². The smallest absolute Gasteiger partial charge is 0.338 e. The molecule has 0 aromatic heterocycles. The van der Waals surface area contributed by atoms with E-state index in [2.05, 4.69) is 37.1 Å². The fourth-order valence-electron chi connectivity index (χ4n) is 4.22. The van der Waals surface area contributed by atoms with E-state index in [0.717, 1.165) is 5.56 Å². The minimum Gasteiger partial charge on any atom is -0.487 e. The maximum Gasteiger partial charge on any atom is 0.338 e. The number of halogens is 4. The molecule has 3 N–H and O–H groups in total. The van der Waals surface area contributed by atoms with Crippen molar-refractivity contribution in [3.63, 3.8) is 0 Å². The molecule has 0 spiro atoms. The van der Waals surface area contributed by atoms with E-state index in [0.29, 0.717) is 58.5 Å². The van der Waals surface area contributed by atoms with Crippen molar-refractivity contribution in [1.82, 2.24) is 16.1 Å². The van der Waals surface area contributed by atoms with Gasteiger partial charge in [0.1, 0.15) is 18.1 Å². The number of hydrogen-bond acceptors (Lipinski definition) is 7. The van der Waals surface area contributed by atoms with Crippen LogP contribution in [0.3, 0.4) is 0 Å². The van der Waals surface area contributed by atoms with Gasteiger partial charge >= 0.3 is 5.97 Å². The number of nitrogens with one attached hydrogen (secondary N) is 3. The average Bonchev–Trinajstić information content (AvgIpc) is 2.97. The number of esters is 1. The van der Waals surface area contributed by atoms with E-state index in [1.807, 2.05) is 0 Å². The van der Waals surface area contributed by atoms with Crippen LogP contribution in [0.2, 0.25) is 15.1 Å². The molecule has 0 unspecified atom stereocenters. The Hall–Kier alpha value is -3.35. The van der Waals surface area contributed by atoms with Gasteiger partial charge in [0.05, 0.1) is 39.0 Å². The number of ether oxygens (including phenoxy) is 3. The van der Waals surface area contributed by atoms with Crippen molar-refractivity contribution in [3.8, 4) is 11.5 Å². The van der Waals surface area contributed by atoms with E-state index >= 15 is 0 Å². The standard InChI is InChI=1S/C30H26BrCl3N4O5S/c1-3-41-29(40)26-16(2)36-30(44)37-27(26)20-6-4-5-7-24(20)42-15-25(39)38-35-13-18-11-19(32)12-21(31)28(18)43-14-17-8-9-22(33)23(34)10-17/h4-13,27H,3,14-15H2,1-2H3,(H,38,39)(H2,36,37,44)/t27-/m0/s1. The van der Waals surface area contributed by atoms with Crippen molar-refractivity contribution in [2.45, 2.75) is 26.5 Å². The quantitative estimate of drug-likeness (QED) is 0.0846. The molecule has 4 rings (SSSR count). The van der Waals surface area contributed by atoms with Crippen molar-refractivity contribution in [1.29, 1.82) is 0 Å². The number of benzene rings is 3. The minimum absolute atomic E-state index is 0.195. The summed E-state index contributed by atoms with van der Waals surface area (Å²) in [6.07, 6.45) is 1.41. The van der Waals surface area contributed by atoms with E-state index in [1.54, 1.807) is 68.4 Å². The van der Waals surface area contributed by atoms with Crippen LogP contribution in [0, 0.1) is 0 Å². The molecule has 44 heavy (non-hydrogen) atoms. The van der Waals surface area contributed by atoms with E-state index < -0.39 is 17.9 Å². The normalized spacial score (nSPS) is 14.6. The SMILES string of the molecule is CCOC(=O)C1=C(C)NC(=S)N[C@H]1c1ccccc1OCC(=O)NN=Cc1cc(Cl)cc(Br)c1OCc1ccc(Cl)c(Cl)c1. The van der Waals surface area contributed by atoms with Gasteiger partial charge in [-0.05, 0) is 77.9 Å². The molecule has 0 saturated heterocycles. The number of allylic oxidation sites excluding steroid dienone is 1. The Kier molecular flexibility index (Phi) is 11.9. The fourth-order valence-corrected chi connectivity index (χ4v) is 5.76. The van der Waals surface area contributed by atoms with E-state index in [9.17, 15) is 9.59 Å². The number of para-hydroxylation sites is 1. The maximum atomic E-state index is 12.8. The highest BCUT2D eigenvalue weighted by atomic mass is 79.9. The zero-order chi connectivity index (χ0) is 31.8. The first-order valence-corrected chi connectivity index (χ1v) is 15.5. The number of hydrazone groups is 1. The lowest BCUT2D eigenvalue weighted by Gasteiger charge is -2.30. The molecule has 1 heterocycles. The molecule has 1 aliphatic rings. The van der Waals surface area contributed by atoms with Crippen molar-refractivity contribution in [3.05, 3.63) is 102 Å². The second kappa shape index (κ2) is 15.6. The molecule has 3 aromatic rings. The summed E-state index contributed by atoms with van der Waals surface area (Å²) in [6, 6.07) is 14.9. The van der Waals surface area contributed by atoms with Crippen LogP contribution in [0.5, 0.6) is 11.5 Å². The third kappa shape index (κ3) is 8.64. The van der Waals surface area contributed by atoms with Crippen LogP contribution in [-0.4, -0.2) is 36.4 Å². The number of amides is 1.